The van der Waals surface area contributed by atoms with E-state index in [-0.39, 0.29) is 0 Å². The quantitative estimate of drug-likeness (QED) is 0.855. The van der Waals surface area contributed by atoms with Gasteiger partial charge in [0.25, 0.3) is 0 Å². The molecule has 0 aliphatic heterocycles. The van der Waals surface area contributed by atoms with Crippen LogP contribution in [-0.4, -0.2) is 26.3 Å². The molecular formula is C12H17N5. The lowest BCUT2D eigenvalue weighted by atomic mass is 10.3. The molecule has 0 amide bonds. The van der Waals surface area contributed by atoms with E-state index in [0.717, 1.165) is 36.8 Å². The zero-order valence-corrected chi connectivity index (χ0v) is 10.2. The molecule has 0 saturated carbocycles. The standard InChI is InChI=1S/C12H17N5/c1-3-6-10-15-11(13-4-2)9-12(16-10)17-8-5-7-14-17/h5,7-9H,3-4,6H2,1-2H3,(H,13,15,16). The highest BCUT2D eigenvalue weighted by Crippen LogP contribution is 2.11. The fraction of sp³-hybridized carbons (Fsp3) is 0.417. The van der Waals surface area contributed by atoms with Gasteiger partial charge in [0.1, 0.15) is 11.6 Å². The zero-order chi connectivity index (χ0) is 12.1. The maximum absolute atomic E-state index is 4.50. The highest BCUT2D eigenvalue weighted by atomic mass is 15.3. The van der Waals surface area contributed by atoms with Crippen LogP contribution in [-0.2, 0) is 6.42 Å². The van der Waals surface area contributed by atoms with Gasteiger partial charge in [0.15, 0.2) is 5.82 Å². The predicted molar refractivity (Wildman–Crippen MR) is 67.3 cm³/mol. The van der Waals surface area contributed by atoms with E-state index in [1.807, 2.05) is 18.3 Å². The Balaban J connectivity index is 2.37. The Labute approximate surface area is 101 Å². The van der Waals surface area contributed by atoms with Crippen molar-refractivity contribution in [3.05, 3.63) is 30.4 Å². The first-order valence-electron chi connectivity index (χ1n) is 5.95. The zero-order valence-electron chi connectivity index (χ0n) is 10.2. The lowest BCUT2D eigenvalue weighted by Gasteiger charge is -2.08. The smallest absolute Gasteiger partial charge is 0.159 e. The molecule has 17 heavy (non-hydrogen) atoms. The predicted octanol–water partition coefficient (Wildman–Crippen LogP) is 2.05. The first kappa shape index (κ1) is 11.6. The molecule has 0 radical (unpaired) electrons. The van der Waals surface area contributed by atoms with Gasteiger partial charge < -0.3 is 5.32 Å². The molecule has 5 nitrogen and oxygen atoms in total. The molecule has 0 unspecified atom stereocenters. The SMILES string of the molecule is CCCc1nc(NCC)cc(-n2cccn2)n1. The number of aromatic nitrogens is 4. The molecule has 0 atom stereocenters. The van der Waals surface area contributed by atoms with Gasteiger partial charge in [-0.15, -0.1) is 0 Å². The first-order chi connectivity index (χ1) is 8.33. The molecule has 0 aliphatic carbocycles. The van der Waals surface area contributed by atoms with Crippen LogP contribution in [0.25, 0.3) is 5.82 Å². The Morgan fingerprint density at radius 1 is 1.29 bits per heavy atom. The van der Waals surface area contributed by atoms with E-state index < -0.39 is 0 Å². The molecule has 0 bridgehead atoms. The summed E-state index contributed by atoms with van der Waals surface area (Å²) in [5, 5.41) is 7.40. The van der Waals surface area contributed by atoms with Crippen LogP contribution < -0.4 is 5.32 Å². The number of anilines is 1. The fourth-order valence-corrected chi connectivity index (χ4v) is 1.61. The summed E-state index contributed by atoms with van der Waals surface area (Å²) in [6.45, 7) is 5.02. The van der Waals surface area contributed by atoms with Gasteiger partial charge in [-0.3, -0.25) is 0 Å². The van der Waals surface area contributed by atoms with Crippen molar-refractivity contribution >= 4 is 5.82 Å². The fourth-order valence-electron chi connectivity index (χ4n) is 1.61. The number of nitrogens with zero attached hydrogens (tertiary/aromatic N) is 4. The van der Waals surface area contributed by atoms with Crippen LogP contribution >= 0.6 is 0 Å². The van der Waals surface area contributed by atoms with Gasteiger partial charge in [-0.2, -0.15) is 5.10 Å². The monoisotopic (exact) mass is 231 g/mol. The van der Waals surface area contributed by atoms with Gasteiger partial charge >= 0.3 is 0 Å². The van der Waals surface area contributed by atoms with Gasteiger partial charge in [-0.05, 0) is 19.4 Å². The molecule has 0 spiro atoms. The Bertz CT molecular complexity index is 440. The largest absolute Gasteiger partial charge is 0.370 e. The summed E-state index contributed by atoms with van der Waals surface area (Å²) in [5.41, 5.74) is 0. The summed E-state index contributed by atoms with van der Waals surface area (Å²) in [6, 6.07) is 3.80. The van der Waals surface area contributed by atoms with Crippen LogP contribution in [0.4, 0.5) is 5.82 Å². The van der Waals surface area contributed by atoms with Crippen molar-refractivity contribution in [3.8, 4) is 5.82 Å². The van der Waals surface area contributed by atoms with Gasteiger partial charge in [0.05, 0.1) is 0 Å². The van der Waals surface area contributed by atoms with Crippen molar-refractivity contribution in [1.29, 1.82) is 0 Å². The molecule has 2 rings (SSSR count). The Hall–Kier alpha value is -1.91. The highest BCUT2D eigenvalue weighted by molar-refractivity contribution is 5.41. The minimum absolute atomic E-state index is 0.810. The van der Waals surface area contributed by atoms with E-state index >= 15 is 0 Å². The molecule has 1 N–H and O–H groups in total. The van der Waals surface area contributed by atoms with Gasteiger partial charge in [0, 0.05) is 31.4 Å². The molecule has 2 aromatic heterocycles. The summed E-state index contributed by atoms with van der Waals surface area (Å²) in [6.07, 6.45) is 5.55. The normalized spacial score (nSPS) is 10.5. The molecule has 90 valence electrons. The van der Waals surface area contributed by atoms with Crippen molar-refractivity contribution in [1.82, 2.24) is 19.7 Å². The second-order valence-corrected chi connectivity index (χ2v) is 3.76. The van der Waals surface area contributed by atoms with E-state index in [4.69, 9.17) is 0 Å². The summed E-state index contributed by atoms with van der Waals surface area (Å²) in [7, 11) is 0. The molecule has 2 aromatic rings. The lowest BCUT2D eigenvalue weighted by molar-refractivity contribution is 0.785. The average Bonchev–Trinajstić information content (AvgIpc) is 2.83. The second-order valence-electron chi connectivity index (χ2n) is 3.76. The third-order valence-corrected chi connectivity index (χ3v) is 2.33. The molecular weight excluding hydrogens is 214 g/mol. The van der Waals surface area contributed by atoms with Crippen LogP contribution in [0.3, 0.4) is 0 Å². The molecule has 0 saturated heterocycles. The second kappa shape index (κ2) is 5.43. The third-order valence-electron chi connectivity index (χ3n) is 2.33. The van der Waals surface area contributed by atoms with Crippen LogP contribution in [0, 0.1) is 0 Å². The number of aryl methyl sites for hydroxylation is 1. The lowest BCUT2D eigenvalue weighted by Crippen LogP contribution is -2.08. The van der Waals surface area contributed by atoms with E-state index in [9.17, 15) is 0 Å². The van der Waals surface area contributed by atoms with E-state index in [1.165, 1.54) is 0 Å². The van der Waals surface area contributed by atoms with Crippen LogP contribution in [0.1, 0.15) is 26.1 Å². The van der Waals surface area contributed by atoms with E-state index in [1.54, 1.807) is 10.9 Å². The molecule has 0 aliphatic rings. The van der Waals surface area contributed by atoms with E-state index in [2.05, 4.69) is 34.2 Å². The van der Waals surface area contributed by atoms with Crippen molar-refractivity contribution in [2.75, 3.05) is 11.9 Å². The number of hydrogen-bond donors (Lipinski definition) is 1. The van der Waals surface area contributed by atoms with Crippen molar-refractivity contribution in [2.24, 2.45) is 0 Å². The summed E-state index contributed by atoms with van der Waals surface area (Å²) in [5.74, 6) is 2.53. The third kappa shape index (κ3) is 2.81. The molecule has 5 heteroatoms. The van der Waals surface area contributed by atoms with Crippen molar-refractivity contribution < 1.29 is 0 Å². The number of nitrogens with one attached hydrogen (secondary N) is 1. The van der Waals surface area contributed by atoms with Gasteiger partial charge in [-0.25, -0.2) is 14.6 Å². The van der Waals surface area contributed by atoms with Crippen LogP contribution in [0.15, 0.2) is 24.5 Å². The summed E-state index contributed by atoms with van der Waals surface area (Å²) in [4.78, 5) is 8.96. The van der Waals surface area contributed by atoms with Crippen molar-refractivity contribution in [2.45, 2.75) is 26.7 Å². The Morgan fingerprint density at radius 2 is 2.18 bits per heavy atom. The summed E-state index contributed by atoms with van der Waals surface area (Å²) >= 11 is 0. The first-order valence-corrected chi connectivity index (χ1v) is 5.95. The molecule has 2 heterocycles. The Kier molecular flexibility index (Phi) is 3.69. The maximum Gasteiger partial charge on any atom is 0.159 e. The number of hydrogen-bond acceptors (Lipinski definition) is 4. The highest BCUT2D eigenvalue weighted by Gasteiger charge is 2.05. The van der Waals surface area contributed by atoms with Crippen LogP contribution in [0.2, 0.25) is 0 Å². The summed E-state index contributed by atoms with van der Waals surface area (Å²) < 4.78 is 1.75. The maximum atomic E-state index is 4.50. The molecule has 0 fully saturated rings. The van der Waals surface area contributed by atoms with Crippen molar-refractivity contribution in [3.63, 3.8) is 0 Å². The molecule has 0 aromatic carbocycles. The van der Waals surface area contributed by atoms with Gasteiger partial charge in [-0.1, -0.05) is 6.92 Å². The minimum Gasteiger partial charge on any atom is -0.370 e. The Morgan fingerprint density at radius 3 is 2.82 bits per heavy atom. The average molecular weight is 231 g/mol. The van der Waals surface area contributed by atoms with Crippen LogP contribution in [0.5, 0.6) is 0 Å². The van der Waals surface area contributed by atoms with E-state index in [0.29, 0.717) is 0 Å². The topological polar surface area (TPSA) is 55.6 Å². The minimum atomic E-state index is 0.810. The number of rotatable bonds is 5. The van der Waals surface area contributed by atoms with Gasteiger partial charge in [0.2, 0.25) is 0 Å².